The van der Waals surface area contributed by atoms with Crippen LogP contribution in [0.3, 0.4) is 0 Å². The van der Waals surface area contributed by atoms with Gasteiger partial charge in [-0.2, -0.15) is 0 Å². The molecule has 0 amide bonds. The minimum Gasteiger partial charge on any atom is -0.494 e. The van der Waals surface area contributed by atoms with Crippen molar-refractivity contribution in [3.63, 3.8) is 0 Å². The third-order valence-corrected chi connectivity index (χ3v) is 4.59. The van der Waals surface area contributed by atoms with E-state index >= 15 is 0 Å². The van der Waals surface area contributed by atoms with E-state index in [1.54, 1.807) is 0 Å². The predicted octanol–water partition coefficient (Wildman–Crippen LogP) is 3.47. The van der Waals surface area contributed by atoms with Gasteiger partial charge < -0.3 is 15.0 Å². The van der Waals surface area contributed by atoms with E-state index in [1.165, 1.54) is 31.5 Å². The number of piperidine rings is 1. The minimum absolute atomic E-state index is 0.328. The van der Waals surface area contributed by atoms with Gasteiger partial charge in [-0.1, -0.05) is 32.0 Å². The molecule has 1 heterocycles. The Morgan fingerprint density at radius 3 is 2.52 bits per heavy atom. The number of ether oxygens (including phenoxy) is 1. The average molecular weight is 290 g/mol. The summed E-state index contributed by atoms with van der Waals surface area (Å²) in [7, 11) is 2.04. The van der Waals surface area contributed by atoms with Crippen LogP contribution in [0.15, 0.2) is 24.3 Å². The van der Waals surface area contributed by atoms with Crippen molar-refractivity contribution >= 4 is 0 Å². The molecule has 0 aliphatic carbocycles. The lowest BCUT2D eigenvalue weighted by atomic mass is 9.82. The first-order valence-electron chi connectivity index (χ1n) is 8.17. The number of hydrogen-bond donors (Lipinski definition) is 1. The molecular formula is C18H30N2O. The van der Waals surface area contributed by atoms with Gasteiger partial charge >= 0.3 is 0 Å². The summed E-state index contributed by atoms with van der Waals surface area (Å²) in [6.07, 6.45) is 2.58. The summed E-state index contributed by atoms with van der Waals surface area (Å²) in [5.74, 6) is 1.01. The van der Waals surface area contributed by atoms with E-state index in [-0.39, 0.29) is 0 Å². The van der Waals surface area contributed by atoms with Crippen molar-refractivity contribution in [1.29, 1.82) is 0 Å². The summed E-state index contributed by atoms with van der Waals surface area (Å²) < 4.78 is 5.78. The van der Waals surface area contributed by atoms with E-state index in [0.717, 1.165) is 12.3 Å². The quantitative estimate of drug-likeness (QED) is 0.868. The second kappa shape index (κ2) is 7.28. The molecular weight excluding hydrogens is 260 g/mol. The molecule has 3 heteroatoms. The first kappa shape index (κ1) is 16.3. The number of rotatable bonds is 6. The summed E-state index contributed by atoms with van der Waals surface area (Å²) in [6, 6.07) is 8.73. The van der Waals surface area contributed by atoms with Crippen LogP contribution in [0.5, 0.6) is 5.75 Å². The smallest absolute Gasteiger partial charge is 0.124 e. The molecule has 1 aromatic rings. The van der Waals surface area contributed by atoms with Crippen LogP contribution in [-0.2, 0) is 0 Å². The van der Waals surface area contributed by atoms with Crippen LogP contribution in [0, 0.1) is 5.41 Å². The summed E-state index contributed by atoms with van der Waals surface area (Å²) in [5, 5.41) is 3.46. The van der Waals surface area contributed by atoms with E-state index in [1.807, 2.05) is 20.0 Å². The van der Waals surface area contributed by atoms with Crippen molar-refractivity contribution in [3.8, 4) is 5.75 Å². The predicted molar refractivity (Wildman–Crippen MR) is 88.9 cm³/mol. The van der Waals surface area contributed by atoms with Gasteiger partial charge in [-0.15, -0.1) is 0 Å². The Labute approximate surface area is 129 Å². The number of benzene rings is 1. The molecule has 3 nitrogen and oxygen atoms in total. The third-order valence-electron chi connectivity index (χ3n) is 4.59. The number of likely N-dealkylation sites (N-methyl/N-ethyl adjacent to an activating group) is 1. The highest BCUT2D eigenvalue weighted by atomic mass is 16.5. The van der Waals surface area contributed by atoms with Crippen LogP contribution in [0.2, 0.25) is 0 Å². The van der Waals surface area contributed by atoms with Crippen LogP contribution in [-0.4, -0.2) is 38.2 Å². The third kappa shape index (κ3) is 4.45. The molecule has 21 heavy (non-hydrogen) atoms. The Kier molecular flexibility index (Phi) is 5.65. The SMILES string of the molecule is CCOc1ccccc1C(CN1CCC(C)(C)CC1)NC. The minimum atomic E-state index is 0.328. The molecule has 0 bridgehead atoms. The normalized spacial score (nSPS) is 20.2. The Balaban J connectivity index is 2.03. The first-order chi connectivity index (χ1) is 10.1. The number of nitrogens with one attached hydrogen (secondary N) is 1. The maximum absolute atomic E-state index is 5.78. The zero-order chi connectivity index (χ0) is 15.3. The first-order valence-corrected chi connectivity index (χ1v) is 8.17. The van der Waals surface area contributed by atoms with Gasteiger partial charge in [0.2, 0.25) is 0 Å². The van der Waals surface area contributed by atoms with Crippen molar-refractivity contribution in [2.24, 2.45) is 5.41 Å². The van der Waals surface area contributed by atoms with Crippen LogP contribution >= 0.6 is 0 Å². The highest BCUT2D eigenvalue weighted by Crippen LogP contribution is 2.31. The van der Waals surface area contributed by atoms with Gasteiger partial charge in [-0.25, -0.2) is 0 Å². The molecule has 118 valence electrons. The fourth-order valence-corrected chi connectivity index (χ4v) is 3.00. The highest BCUT2D eigenvalue weighted by molar-refractivity contribution is 5.36. The maximum Gasteiger partial charge on any atom is 0.124 e. The van der Waals surface area contributed by atoms with E-state index < -0.39 is 0 Å². The Morgan fingerprint density at radius 1 is 1.24 bits per heavy atom. The van der Waals surface area contributed by atoms with E-state index in [9.17, 15) is 0 Å². The Morgan fingerprint density at radius 2 is 1.90 bits per heavy atom. The molecule has 1 atom stereocenters. The average Bonchev–Trinajstić information content (AvgIpc) is 2.47. The molecule has 0 aromatic heterocycles. The Hall–Kier alpha value is -1.06. The van der Waals surface area contributed by atoms with Gasteiger partial charge in [0.15, 0.2) is 0 Å². The lowest BCUT2D eigenvalue weighted by Gasteiger charge is -2.38. The molecule has 1 saturated heterocycles. The molecule has 0 spiro atoms. The van der Waals surface area contributed by atoms with Crippen LogP contribution in [0.25, 0.3) is 0 Å². The number of hydrogen-bond acceptors (Lipinski definition) is 3. The van der Waals surface area contributed by atoms with E-state index in [4.69, 9.17) is 4.74 Å². The number of nitrogens with zero attached hydrogens (tertiary/aromatic N) is 1. The molecule has 2 rings (SSSR count). The van der Waals surface area contributed by atoms with Gasteiger partial charge in [0.05, 0.1) is 6.61 Å². The molecule has 1 aliphatic heterocycles. The largest absolute Gasteiger partial charge is 0.494 e. The molecule has 1 fully saturated rings. The van der Waals surface area contributed by atoms with E-state index in [2.05, 4.69) is 42.3 Å². The molecule has 1 N–H and O–H groups in total. The topological polar surface area (TPSA) is 24.5 Å². The number of para-hydroxylation sites is 1. The van der Waals surface area contributed by atoms with Crippen molar-refractivity contribution in [2.45, 2.75) is 39.7 Å². The molecule has 1 aliphatic rings. The summed E-state index contributed by atoms with van der Waals surface area (Å²) in [4.78, 5) is 2.58. The van der Waals surface area contributed by atoms with Gasteiger partial charge in [-0.3, -0.25) is 0 Å². The van der Waals surface area contributed by atoms with Crippen LogP contribution < -0.4 is 10.1 Å². The fraction of sp³-hybridized carbons (Fsp3) is 0.667. The number of likely N-dealkylation sites (tertiary alicyclic amines) is 1. The zero-order valence-corrected chi connectivity index (χ0v) is 14.0. The van der Waals surface area contributed by atoms with Gasteiger partial charge in [0, 0.05) is 18.2 Å². The molecule has 1 aromatic carbocycles. The van der Waals surface area contributed by atoms with E-state index in [0.29, 0.717) is 18.1 Å². The Bertz CT molecular complexity index is 435. The zero-order valence-electron chi connectivity index (χ0n) is 14.0. The molecule has 0 radical (unpaired) electrons. The van der Waals surface area contributed by atoms with Gasteiger partial charge in [0.1, 0.15) is 5.75 Å². The maximum atomic E-state index is 5.78. The summed E-state index contributed by atoms with van der Waals surface area (Å²) in [6.45, 7) is 11.0. The second-order valence-electron chi connectivity index (χ2n) is 6.78. The monoisotopic (exact) mass is 290 g/mol. The van der Waals surface area contributed by atoms with Crippen LogP contribution in [0.1, 0.15) is 45.2 Å². The van der Waals surface area contributed by atoms with Crippen molar-refractivity contribution < 1.29 is 4.74 Å². The summed E-state index contributed by atoms with van der Waals surface area (Å²) >= 11 is 0. The summed E-state index contributed by atoms with van der Waals surface area (Å²) in [5.41, 5.74) is 1.78. The van der Waals surface area contributed by atoms with Gasteiger partial charge in [0.25, 0.3) is 0 Å². The standard InChI is InChI=1S/C18H30N2O/c1-5-21-17-9-7-6-8-15(17)16(19-4)14-20-12-10-18(2,3)11-13-20/h6-9,16,19H,5,10-14H2,1-4H3. The van der Waals surface area contributed by atoms with Crippen LogP contribution in [0.4, 0.5) is 0 Å². The molecule has 0 saturated carbocycles. The second-order valence-corrected chi connectivity index (χ2v) is 6.78. The van der Waals surface area contributed by atoms with Gasteiger partial charge in [-0.05, 0) is 51.4 Å². The van der Waals surface area contributed by atoms with Crippen molar-refractivity contribution in [3.05, 3.63) is 29.8 Å². The highest BCUT2D eigenvalue weighted by Gasteiger charge is 2.27. The lowest BCUT2D eigenvalue weighted by molar-refractivity contribution is 0.123. The lowest BCUT2D eigenvalue weighted by Crippen LogP contribution is -2.41. The van der Waals surface area contributed by atoms with Crippen molar-refractivity contribution in [2.75, 3.05) is 33.3 Å². The fourth-order valence-electron chi connectivity index (χ4n) is 3.00. The van der Waals surface area contributed by atoms with Crippen molar-refractivity contribution in [1.82, 2.24) is 10.2 Å². The molecule has 1 unspecified atom stereocenters.